The number of hydrogen-bond donors (Lipinski definition) is 1. The summed E-state index contributed by atoms with van der Waals surface area (Å²) in [5.74, 6) is 0.596. The molecule has 1 aromatic carbocycles. The van der Waals surface area contributed by atoms with E-state index in [2.05, 4.69) is 5.32 Å². The molecule has 3 amide bonds. The molecule has 0 bridgehead atoms. The normalized spacial score (nSPS) is 24.5. The molecule has 1 atom stereocenters. The molecule has 1 spiro atoms. The standard InChI is InChI=1S/C14H12FN3O2S/c15-11-2-1-9(6-16)10(5-11)7-18-12(19)14(17-13(18)20)3-4-21-8-14/h1-2,5H,3-4,7-8H2,(H,17,20). The summed E-state index contributed by atoms with van der Waals surface area (Å²) in [6, 6.07) is 5.19. The summed E-state index contributed by atoms with van der Waals surface area (Å²) < 4.78 is 13.3. The molecule has 0 saturated carbocycles. The Balaban J connectivity index is 1.89. The molecule has 2 aliphatic heterocycles. The molecule has 0 radical (unpaired) electrons. The second kappa shape index (κ2) is 5.04. The number of hydrogen-bond acceptors (Lipinski definition) is 4. The van der Waals surface area contributed by atoms with Crippen LogP contribution in [0.25, 0.3) is 0 Å². The molecule has 2 saturated heterocycles. The summed E-state index contributed by atoms with van der Waals surface area (Å²) in [5, 5.41) is 11.8. The summed E-state index contributed by atoms with van der Waals surface area (Å²) in [6.07, 6.45) is 0.604. The molecule has 2 heterocycles. The van der Waals surface area contributed by atoms with Crippen molar-refractivity contribution in [2.24, 2.45) is 0 Å². The largest absolute Gasteiger partial charge is 0.325 e. The van der Waals surface area contributed by atoms with E-state index in [1.807, 2.05) is 6.07 Å². The summed E-state index contributed by atoms with van der Waals surface area (Å²) in [7, 11) is 0. The lowest BCUT2D eigenvalue weighted by atomic mass is 9.99. The van der Waals surface area contributed by atoms with Crippen molar-refractivity contribution in [1.29, 1.82) is 5.26 Å². The van der Waals surface area contributed by atoms with Gasteiger partial charge in [-0.05, 0) is 35.9 Å². The Hall–Kier alpha value is -2.07. The summed E-state index contributed by atoms with van der Waals surface area (Å²) in [5.41, 5.74) is -0.218. The van der Waals surface area contributed by atoms with Crippen molar-refractivity contribution in [2.45, 2.75) is 18.5 Å². The highest BCUT2D eigenvalue weighted by Crippen LogP contribution is 2.34. The van der Waals surface area contributed by atoms with Gasteiger partial charge in [-0.15, -0.1) is 0 Å². The Morgan fingerprint density at radius 2 is 2.29 bits per heavy atom. The number of halogens is 1. The zero-order chi connectivity index (χ0) is 15.0. The number of thioether (sulfide) groups is 1. The highest BCUT2D eigenvalue weighted by Gasteiger charge is 2.52. The van der Waals surface area contributed by atoms with Gasteiger partial charge in [0.05, 0.1) is 18.2 Å². The number of carbonyl (C=O) groups excluding carboxylic acids is 2. The topological polar surface area (TPSA) is 73.2 Å². The van der Waals surface area contributed by atoms with Gasteiger partial charge in [-0.25, -0.2) is 9.18 Å². The summed E-state index contributed by atoms with van der Waals surface area (Å²) >= 11 is 1.62. The Kier molecular flexibility index (Phi) is 3.33. The average molecular weight is 305 g/mol. The van der Waals surface area contributed by atoms with Crippen LogP contribution in [0.1, 0.15) is 17.5 Å². The van der Waals surface area contributed by atoms with Crippen LogP contribution in [-0.2, 0) is 11.3 Å². The Morgan fingerprint density at radius 3 is 2.95 bits per heavy atom. The van der Waals surface area contributed by atoms with Crippen LogP contribution in [-0.4, -0.2) is 33.9 Å². The van der Waals surface area contributed by atoms with Gasteiger partial charge in [-0.1, -0.05) is 0 Å². The molecular formula is C14H12FN3O2S. The molecule has 1 unspecified atom stereocenters. The highest BCUT2D eigenvalue weighted by atomic mass is 32.2. The minimum atomic E-state index is -0.818. The fourth-order valence-electron chi connectivity index (χ4n) is 2.62. The van der Waals surface area contributed by atoms with Gasteiger partial charge in [0.2, 0.25) is 0 Å². The van der Waals surface area contributed by atoms with Crippen molar-refractivity contribution in [3.8, 4) is 6.07 Å². The molecule has 1 aromatic rings. The van der Waals surface area contributed by atoms with E-state index in [-0.39, 0.29) is 18.0 Å². The smallest absolute Gasteiger partial charge is 0.322 e. The third-order valence-electron chi connectivity index (χ3n) is 3.78. The van der Waals surface area contributed by atoms with Crippen molar-refractivity contribution in [2.75, 3.05) is 11.5 Å². The van der Waals surface area contributed by atoms with Gasteiger partial charge < -0.3 is 5.32 Å². The van der Waals surface area contributed by atoms with Gasteiger partial charge in [0.1, 0.15) is 11.4 Å². The second-order valence-electron chi connectivity index (χ2n) is 5.12. The van der Waals surface area contributed by atoms with E-state index in [0.29, 0.717) is 17.7 Å². The van der Waals surface area contributed by atoms with Crippen LogP contribution < -0.4 is 5.32 Å². The lowest BCUT2D eigenvalue weighted by Gasteiger charge is -2.19. The third kappa shape index (κ3) is 2.25. The van der Waals surface area contributed by atoms with Gasteiger partial charge in [-0.3, -0.25) is 9.69 Å². The predicted molar refractivity (Wildman–Crippen MR) is 74.9 cm³/mol. The number of nitriles is 1. The fraction of sp³-hybridized carbons (Fsp3) is 0.357. The first-order valence-electron chi connectivity index (χ1n) is 6.46. The molecule has 5 nitrogen and oxygen atoms in total. The SMILES string of the molecule is N#Cc1ccc(F)cc1CN1C(=O)NC2(CCSC2)C1=O. The highest BCUT2D eigenvalue weighted by molar-refractivity contribution is 7.99. The van der Waals surface area contributed by atoms with Gasteiger partial charge in [0, 0.05) is 5.75 Å². The van der Waals surface area contributed by atoms with E-state index in [4.69, 9.17) is 5.26 Å². The molecule has 0 aromatic heterocycles. The molecule has 2 fully saturated rings. The molecule has 2 aliphatic rings. The van der Waals surface area contributed by atoms with Crippen LogP contribution in [0.4, 0.5) is 9.18 Å². The van der Waals surface area contributed by atoms with E-state index in [1.165, 1.54) is 18.2 Å². The number of amides is 3. The van der Waals surface area contributed by atoms with Crippen LogP contribution in [0.5, 0.6) is 0 Å². The van der Waals surface area contributed by atoms with E-state index in [1.54, 1.807) is 11.8 Å². The monoisotopic (exact) mass is 305 g/mol. The van der Waals surface area contributed by atoms with Crippen molar-refractivity contribution < 1.29 is 14.0 Å². The molecule has 7 heteroatoms. The van der Waals surface area contributed by atoms with E-state index < -0.39 is 17.4 Å². The number of imide groups is 1. The first kappa shape index (κ1) is 13.9. The second-order valence-corrected chi connectivity index (χ2v) is 6.22. The Bertz CT molecular complexity index is 665. The zero-order valence-corrected chi connectivity index (χ0v) is 11.9. The van der Waals surface area contributed by atoms with Crippen LogP contribution in [0.2, 0.25) is 0 Å². The maximum absolute atomic E-state index is 13.3. The van der Waals surface area contributed by atoms with Gasteiger partial charge >= 0.3 is 6.03 Å². The van der Waals surface area contributed by atoms with Crippen molar-refractivity contribution >= 4 is 23.7 Å². The maximum atomic E-state index is 13.3. The lowest BCUT2D eigenvalue weighted by molar-refractivity contribution is -0.130. The van der Waals surface area contributed by atoms with Crippen LogP contribution >= 0.6 is 11.8 Å². The number of carbonyl (C=O) groups is 2. The third-order valence-corrected chi connectivity index (χ3v) is 4.97. The molecule has 3 rings (SSSR count). The quantitative estimate of drug-likeness (QED) is 0.843. The first-order chi connectivity index (χ1) is 10.1. The lowest BCUT2D eigenvalue weighted by Crippen LogP contribution is -2.46. The van der Waals surface area contributed by atoms with Crippen molar-refractivity contribution in [3.05, 3.63) is 35.1 Å². The molecule has 0 aliphatic carbocycles. The van der Waals surface area contributed by atoms with Gasteiger partial charge in [0.15, 0.2) is 0 Å². The first-order valence-corrected chi connectivity index (χ1v) is 7.62. The van der Waals surface area contributed by atoms with Crippen molar-refractivity contribution in [3.63, 3.8) is 0 Å². The number of urea groups is 1. The van der Waals surface area contributed by atoms with E-state index >= 15 is 0 Å². The number of nitrogens with one attached hydrogen (secondary N) is 1. The molecule has 21 heavy (non-hydrogen) atoms. The molecule has 1 N–H and O–H groups in total. The maximum Gasteiger partial charge on any atom is 0.325 e. The molecule has 108 valence electrons. The number of benzene rings is 1. The Morgan fingerprint density at radius 1 is 1.48 bits per heavy atom. The van der Waals surface area contributed by atoms with Crippen molar-refractivity contribution in [1.82, 2.24) is 10.2 Å². The average Bonchev–Trinajstić information content (AvgIpc) is 3.01. The minimum Gasteiger partial charge on any atom is -0.322 e. The summed E-state index contributed by atoms with van der Waals surface area (Å²) in [6.45, 7) is -0.0856. The van der Waals surface area contributed by atoms with Crippen LogP contribution in [0.3, 0.4) is 0 Å². The van der Waals surface area contributed by atoms with Crippen LogP contribution in [0, 0.1) is 17.1 Å². The molecular weight excluding hydrogens is 293 g/mol. The number of nitrogens with zero attached hydrogens (tertiary/aromatic N) is 2. The fourth-order valence-corrected chi connectivity index (χ4v) is 3.95. The van der Waals surface area contributed by atoms with E-state index in [0.717, 1.165) is 10.7 Å². The predicted octanol–water partition coefficient (Wildman–Crippen LogP) is 1.62. The van der Waals surface area contributed by atoms with Gasteiger partial charge in [-0.2, -0.15) is 17.0 Å². The minimum absolute atomic E-state index is 0.0856. The summed E-state index contributed by atoms with van der Waals surface area (Å²) in [4.78, 5) is 25.6. The van der Waals surface area contributed by atoms with Gasteiger partial charge in [0.25, 0.3) is 5.91 Å². The number of rotatable bonds is 2. The Labute approximate surface area is 125 Å². The van der Waals surface area contributed by atoms with E-state index in [9.17, 15) is 14.0 Å². The van der Waals surface area contributed by atoms with Crippen LogP contribution in [0.15, 0.2) is 18.2 Å². The zero-order valence-electron chi connectivity index (χ0n) is 11.1.